The fourth-order valence-corrected chi connectivity index (χ4v) is 5.72. The maximum absolute atomic E-state index is 14.1. The summed E-state index contributed by atoms with van der Waals surface area (Å²) in [7, 11) is -3.85. The Balaban J connectivity index is 2.10. The first-order valence-corrected chi connectivity index (χ1v) is 15.6. The van der Waals surface area contributed by atoms with Gasteiger partial charge in [0.15, 0.2) is 0 Å². The molecule has 3 aromatic rings. The molecular weight excluding hydrogens is 569 g/mol. The van der Waals surface area contributed by atoms with Crippen molar-refractivity contribution in [3.63, 3.8) is 0 Å². The van der Waals surface area contributed by atoms with Crippen molar-refractivity contribution in [2.24, 2.45) is 0 Å². The predicted molar refractivity (Wildman–Crippen MR) is 162 cm³/mol. The molecule has 0 bridgehead atoms. The number of carbonyl (C=O) groups excluding carboxylic acids is 2. The van der Waals surface area contributed by atoms with Crippen molar-refractivity contribution < 1.29 is 18.0 Å². The fraction of sp³-hybridized carbons (Fsp3) is 0.333. The molecule has 1 N–H and O–H groups in total. The van der Waals surface area contributed by atoms with Crippen molar-refractivity contribution in [3.8, 4) is 0 Å². The summed E-state index contributed by atoms with van der Waals surface area (Å²) in [5.41, 5.74) is 3.49. The third kappa shape index (κ3) is 8.22. The zero-order valence-electron chi connectivity index (χ0n) is 23.2. The molecule has 214 valence electrons. The highest BCUT2D eigenvalue weighted by atomic mass is 35.5. The molecule has 0 fully saturated rings. The zero-order valence-corrected chi connectivity index (χ0v) is 25.5. The smallest absolute Gasteiger partial charge is 0.244 e. The van der Waals surface area contributed by atoms with Gasteiger partial charge >= 0.3 is 0 Å². The first-order chi connectivity index (χ1) is 18.9. The molecule has 0 radical (unpaired) electrons. The number of benzene rings is 3. The molecule has 40 heavy (non-hydrogen) atoms. The van der Waals surface area contributed by atoms with Gasteiger partial charge in [0.1, 0.15) is 12.6 Å². The van der Waals surface area contributed by atoms with Gasteiger partial charge in [0, 0.05) is 29.6 Å². The van der Waals surface area contributed by atoms with Crippen molar-refractivity contribution >= 4 is 50.7 Å². The summed E-state index contributed by atoms with van der Waals surface area (Å²) in [5, 5.41) is 3.69. The van der Waals surface area contributed by atoms with Gasteiger partial charge in [-0.3, -0.25) is 13.9 Å². The van der Waals surface area contributed by atoms with E-state index in [9.17, 15) is 18.0 Å². The van der Waals surface area contributed by atoms with Gasteiger partial charge in [0.2, 0.25) is 21.8 Å². The summed E-state index contributed by atoms with van der Waals surface area (Å²) < 4.78 is 27.1. The minimum absolute atomic E-state index is 0.0176. The summed E-state index contributed by atoms with van der Waals surface area (Å²) >= 11 is 12.6. The third-order valence-electron chi connectivity index (χ3n) is 6.70. The summed E-state index contributed by atoms with van der Waals surface area (Å²) in [6.07, 6.45) is 2.02. The second kappa shape index (κ2) is 14.0. The molecule has 0 aliphatic carbocycles. The van der Waals surface area contributed by atoms with E-state index >= 15 is 0 Å². The number of aryl methyl sites for hydroxylation is 1. The average Bonchev–Trinajstić information content (AvgIpc) is 2.90. The van der Waals surface area contributed by atoms with Crippen LogP contribution < -0.4 is 9.62 Å². The number of hydrogen-bond donors (Lipinski definition) is 1. The molecule has 3 rings (SSSR count). The topological polar surface area (TPSA) is 86.8 Å². The van der Waals surface area contributed by atoms with Gasteiger partial charge < -0.3 is 10.2 Å². The number of amides is 2. The van der Waals surface area contributed by atoms with Crippen LogP contribution in [0.15, 0.2) is 66.7 Å². The molecule has 7 nitrogen and oxygen atoms in total. The molecular formula is C30H35Cl2N3O4S. The van der Waals surface area contributed by atoms with Crippen molar-refractivity contribution in [2.75, 3.05) is 23.7 Å². The number of sulfonamides is 1. The maximum Gasteiger partial charge on any atom is 0.244 e. The Morgan fingerprint density at radius 1 is 0.975 bits per heavy atom. The fourth-order valence-electron chi connectivity index (χ4n) is 4.35. The van der Waals surface area contributed by atoms with Crippen LogP contribution in [0.4, 0.5) is 5.69 Å². The largest absolute Gasteiger partial charge is 0.354 e. The van der Waals surface area contributed by atoms with E-state index in [0.29, 0.717) is 27.8 Å². The number of halogens is 2. The van der Waals surface area contributed by atoms with Gasteiger partial charge in [-0.1, -0.05) is 78.7 Å². The van der Waals surface area contributed by atoms with E-state index in [1.54, 1.807) is 30.3 Å². The van der Waals surface area contributed by atoms with Crippen LogP contribution in [0.3, 0.4) is 0 Å². The van der Waals surface area contributed by atoms with E-state index in [2.05, 4.69) is 5.32 Å². The SMILES string of the molecule is CCCNC(=O)[C@@H](Cc1ccccc1)N(Cc1ccc(Cl)cc1Cl)C(=O)CN(c1cccc(C)c1C)S(C)(=O)=O. The lowest BCUT2D eigenvalue weighted by Gasteiger charge is -2.34. The van der Waals surface area contributed by atoms with E-state index < -0.39 is 28.5 Å². The van der Waals surface area contributed by atoms with E-state index in [1.807, 2.05) is 57.2 Å². The maximum atomic E-state index is 14.1. The molecule has 1 atom stereocenters. The predicted octanol–water partition coefficient (Wildman–Crippen LogP) is 5.54. The van der Waals surface area contributed by atoms with E-state index in [-0.39, 0.29) is 18.9 Å². The van der Waals surface area contributed by atoms with Gasteiger partial charge in [-0.2, -0.15) is 0 Å². The summed E-state index contributed by atoms with van der Waals surface area (Å²) in [5.74, 6) is -0.869. The molecule has 10 heteroatoms. The van der Waals surface area contributed by atoms with Crippen LogP contribution in [0, 0.1) is 13.8 Å². The molecule has 0 spiro atoms. The van der Waals surface area contributed by atoms with E-state index in [4.69, 9.17) is 23.2 Å². The quantitative estimate of drug-likeness (QED) is 0.294. The van der Waals surface area contributed by atoms with Gasteiger partial charge in [-0.25, -0.2) is 8.42 Å². The molecule has 0 saturated carbocycles. The van der Waals surface area contributed by atoms with Crippen molar-refractivity contribution in [2.45, 2.75) is 46.2 Å². The minimum Gasteiger partial charge on any atom is -0.354 e. The van der Waals surface area contributed by atoms with Crippen LogP contribution in [0.1, 0.15) is 35.6 Å². The first-order valence-electron chi connectivity index (χ1n) is 13.0. The Hall–Kier alpha value is -3.07. The lowest BCUT2D eigenvalue weighted by molar-refractivity contribution is -0.140. The minimum atomic E-state index is -3.85. The number of rotatable bonds is 12. The van der Waals surface area contributed by atoms with Gasteiger partial charge in [0.25, 0.3) is 0 Å². The highest BCUT2D eigenvalue weighted by Crippen LogP contribution is 2.27. The Bertz CT molecular complexity index is 1450. The molecule has 2 amide bonds. The second-order valence-electron chi connectivity index (χ2n) is 9.74. The van der Waals surface area contributed by atoms with Gasteiger partial charge in [-0.15, -0.1) is 0 Å². The highest BCUT2D eigenvalue weighted by molar-refractivity contribution is 7.92. The van der Waals surface area contributed by atoms with Gasteiger partial charge in [0.05, 0.1) is 11.9 Å². The molecule has 0 saturated heterocycles. The Morgan fingerprint density at radius 3 is 2.30 bits per heavy atom. The summed E-state index contributed by atoms with van der Waals surface area (Å²) in [6.45, 7) is 5.57. The molecule has 0 aliphatic heterocycles. The summed E-state index contributed by atoms with van der Waals surface area (Å²) in [6, 6.07) is 18.7. The summed E-state index contributed by atoms with van der Waals surface area (Å²) in [4.78, 5) is 29.1. The molecule has 0 heterocycles. The van der Waals surface area contributed by atoms with Crippen molar-refractivity contribution in [3.05, 3.63) is 99.0 Å². The lowest BCUT2D eigenvalue weighted by atomic mass is 10.0. The Kier molecular flexibility index (Phi) is 11.0. The number of carbonyl (C=O) groups is 2. The van der Waals surface area contributed by atoms with Crippen molar-refractivity contribution in [1.29, 1.82) is 0 Å². The van der Waals surface area contributed by atoms with Crippen LogP contribution >= 0.6 is 23.2 Å². The van der Waals surface area contributed by atoms with E-state index in [0.717, 1.165) is 33.7 Å². The first kappa shape index (κ1) is 31.5. The van der Waals surface area contributed by atoms with Crippen LogP contribution in [-0.2, 0) is 32.6 Å². The van der Waals surface area contributed by atoms with Crippen molar-refractivity contribution in [1.82, 2.24) is 10.2 Å². The van der Waals surface area contributed by atoms with Crippen LogP contribution in [0.25, 0.3) is 0 Å². The molecule has 0 aromatic heterocycles. The lowest BCUT2D eigenvalue weighted by Crippen LogP contribution is -2.53. The normalized spacial score (nSPS) is 12.1. The van der Waals surface area contributed by atoms with Crippen LogP contribution in [-0.4, -0.2) is 50.5 Å². The number of nitrogens with zero attached hydrogens (tertiary/aromatic N) is 2. The number of nitrogens with one attached hydrogen (secondary N) is 1. The molecule has 3 aromatic carbocycles. The molecule has 0 unspecified atom stereocenters. The number of anilines is 1. The second-order valence-corrected chi connectivity index (χ2v) is 12.5. The monoisotopic (exact) mass is 603 g/mol. The zero-order chi connectivity index (χ0) is 29.4. The molecule has 0 aliphatic rings. The number of hydrogen-bond acceptors (Lipinski definition) is 4. The Morgan fingerprint density at radius 2 is 1.68 bits per heavy atom. The van der Waals surface area contributed by atoms with Crippen LogP contribution in [0.2, 0.25) is 10.0 Å². The Labute approximate surface area is 247 Å². The van der Waals surface area contributed by atoms with Gasteiger partial charge in [-0.05, 0) is 60.7 Å². The average molecular weight is 605 g/mol. The van der Waals surface area contributed by atoms with E-state index in [1.165, 1.54) is 4.90 Å². The standard InChI is InChI=1S/C30H35Cl2N3O4S/c1-5-16-33-30(37)28(17-23-11-7-6-8-12-23)34(19-24-14-15-25(31)18-26(24)32)29(36)20-35(40(4,38)39)27-13-9-10-21(2)22(27)3/h6-15,18,28H,5,16-17,19-20H2,1-4H3,(H,33,37)/t28-/m1/s1. The highest BCUT2D eigenvalue weighted by Gasteiger charge is 2.33. The van der Waals surface area contributed by atoms with Crippen LogP contribution in [0.5, 0.6) is 0 Å². The third-order valence-corrected chi connectivity index (χ3v) is 8.41.